The fourth-order valence-corrected chi connectivity index (χ4v) is 3.69. The number of ether oxygens (including phenoxy) is 2. The van der Waals surface area contributed by atoms with Gasteiger partial charge < -0.3 is 14.8 Å². The second-order valence-corrected chi connectivity index (χ2v) is 7.29. The van der Waals surface area contributed by atoms with Crippen LogP contribution in [0.15, 0.2) is 18.2 Å². The molecule has 112 valence electrons. The minimum atomic E-state index is -0.858. The molecule has 0 fully saturated rings. The highest BCUT2D eigenvalue weighted by Gasteiger charge is 2.22. The van der Waals surface area contributed by atoms with Gasteiger partial charge in [0.25, 0.3) is 0 Å². The number of nitrogens with one attached hydrogen (secondary N) is 1. The van der Waals surface area contributed by atoms with Crippen molar-refractivity contribution in [1.82, 2.24) is 5.32 Å². The second kappa shape index (κ2) is 6.59. The summed E-state index contributed by atoms with van der Waals surface area (Å²) in [6, 6.07) is 5.95. The van der Waals surface area contributed by atoms with E-state index in [-0.39, 0.29) is 18.1 Å². The van der Waals surface area contributed by atoms with Crippen molar-refractivity contribution in [2.24, 2.45) is 5.92 Å². The average Bonchev–Trinajstić information content (AvgIpc) is 2.90. The topological polar surface area (TPSA) is 47.6 Å². The van der Waals surface area contributed by atoms with E-state index in [0.29, 0.717) is 11.7 Å². The highest BCUT2D eigenvalue weighted by Crippen LogP contribution is 2.34. The molecule has 1 N–H and O–H groups in total. The summed E-state index contributed by atoms with van der Waals surface area (Å²) in [5, 5.41) is 3.44. The zero-order valence-electron chi connectivity index (χ0n) is 12.5. The Balaban J connectivity index is 2.10. The molecule has 0 aliphatic carbocycles. The molecule has 0 saturated heterocycles. The van der Waals surface area contributed by atoms with Crippen molar-refractivity contribution in [3.8, 4) is 11.5 Å². The van der Waals surface area contributed by atoms with Gasteiger partial charge in [0, 0.05) is 27.8 Å². The Morgan fingerprint density at radius 1 is 1.25 bits per heavy atom. The molecular formula is C15H23NO3S. The van der Waals surface area contributed by atoms with Crippen molar-refractivity contribution in [2.75, 3.05) is 19.6 Å². The molecule has 1 aromatic carbocycles. The Hall–Kier alpha value is -1.07. The van der Waals surface area contributed by atoms with Crippen molar-refractivity contribution in [3.05, 3.63) is 23.8 Å². The van der Waals surface area contributed by atoms with Crippen molar-refractivity contribution in [2.45, 2.75) is 32.1 Å². The zero-order chi connectivity index (χ0) is 14.7. The molecule has 4 nitrogen and oxygen atoms in total. The molecule has 1 aliphatic heterocycles. The first-order valence-corrected chi connectivity index (χ1v) is 8.35. The summed E-state index contributed by atoms with van der Waals surface area (Å²) in [6.45, 7) is 6.54. The summed E-state index contributed by atoms with van der Waals surface area (Å²) in [5.74, 6) is 2.57. The van der Waals surface area contributed by atoms with Crippen LogP contribution in [0.25, 0.3) is 0 Å². The van der Waals surface area contributed by atoms with E-state index in [2.05, 4.69) is 19.2 Å². The van der Waals surface area contributed by atoms with Crippen LogP contribution in [0.4, 0.5) is 0 Å². The van der Waals surface area contributed by atoms with Gasteiger partial charge in [0.2, 0.25) is 6.79 Å². The van der Waals surface area contributed by atoms with E-state index < -0.39 is 10.8 Å². The third kappa shape index (κ3) is 3.33. The Bertz CT molecular complexity index is 490. The number of rotatable bonds is 6. The van der Waals surface area contributed by atoms with E-state index in [9.17, 15) is 4.21 Å². The van der Waals surface area contributed by atoms with Crippen LogP contribution < -0.4 is 14.8 Å². The maximum absolute atomic E-state index is 12.4. The Morgan fingerprint density at radius 2 is 1.95 bits per heavy atom. The molecule has 0 radical (unpaired) electrons. The Labute approximate surface area is 123 Å². The van der Waals surface area contributed by atoms with Gasteiger partial charge in [-0.15, -0.1) is 0 Å². The van der Waals surface area contributed by atoms with E-state index in [0.717, 1.165) is 17.1 Å². The number of hydrogen-bond acceptors (Lipinski definition) is 4. The molecule has 0 saturated carbocycles. The molecular weight excluding hydrogens is 274 g/mol. The number of hydrogen-bond donors (Lipinski definition) is 1. The van der Waals surface area contributed by atoms with Gasteiger partial charge in [0.05, 0.1) is 0 Å². The molecule has 2 rings (SSSR count). The maximum Gasteiger partial charge on any atom is 0.231 e. The standard InChI is InChI=1S/C15H23NO3S/c1-10(2)11(3)20(17)8-13(16-4)12-5-6-14-15(7-12)19-9-18-14/h5-7,10-11,13,16H,8-9H2,1-4H3. The molecule has 3 unspecified atom stereocenters. The third-order valence-corrected chi connectivity index (χ3v) is 5.87. The molecule has 0 bridgehead atoms. The molecule has 20 heavy (non-hydrogen) atoms. The normalized spacial score (nSPS) is 18.1. The summed E-state index contributed by atoms with van der Waals surface area (Å²) in [7, 11) is 1.04. The quantitative estimate of drug-likeness (QED) is 0.876. The minimum Gasteiger partial charge on any atom is -0.454 e. The lowest BCUT2D eigenvalue weighted by molar-refractivity contribution is 0.174. The SMILES string of the molecule is CNC(CS(=O)C(C)C(C)C)c1ccc2c(c1)OCO2. The van der Waals surface area contributed by atoms with Crippen LogP contribution in [0.1, 0.15) is 32.4 Å². The first-order valence-electron chi connectivity index (χ1n) is 6.97. The van der Waals surface area contributed by atoms with Crippen LogP contribution in [0, 0.1) is 5.92 Å². The van der Waals surface area contributed by atoms with Gasteiger partial charge >= 0.3 is 0 Å². The molecule has 1 aromatic rings. The lowest BCUT2D eigenvalue weighted by Crippen LogP contribution is -2.28. The predicted octanol–water partition coefficient (Wildman–Crippen LogP) is 2.47. The number of benzene rings is 1. The van der Waals surface area contributed by atoms with Crippen molar-refractivity contribution in [1.29, 1.82) is 0 Å². The zero-order valence-corrected chi connectivity index (χ0v) is 13.3. The highest BCUT2D eigenvalue weighted by molar-refractivity contribution is 7.85. The molecule has 1 heterocycles. The van der Waals surface area contributed by atoms with Crippen LogP contribution in [-0.4, -0.2) is 29.1 Å². The smallest absolute Gasteiger partial charge is 0.231 e. The first kappa shape index (κ1) is 15.3. The Morgan fingerprint density at radius 3 is 2.60 bits per heavy atom. The van der Waals surface area contributed by atoms with E-state index in [1.165, 1.54) is 0 Å². The van der Waals surface area contributed by atoms with Crippen LogP contribution in [0.3, 0.4) is 0 Å². The Kier molecular flexibility index (Phi) is 5.05. The van der Waals surface area contributed by atoms with Crippen molar-refractivity contribution >= 4 is 10.8 Å². The van der Waals surface area contributed by atoms with Gasteiger partial charge in [-0.05, 0) is 30.7 Å². The van der Waals surface area contributed by atoms with Gasteiger partial charge in [-0.2, -0.15) is 0 Å². The maximum atomic E-state index is 12.4. The van der Waals surface area contributed by atoms with Gasteiger partial charge in [-0.1, -0.05) is 26.8 Å². The molecule has 0 spiro atoms. The van der Waals surface area contributed by atoms with Crippen molar-refractivity contribution in [3.63, 3.8) is 0 Å². The van der Waals surface area contributed by atoms with Crippen LogP contribution in [0.5, 0.6) is 11.5 Å². The van der Waals surface area contributed by atoms with Crippen LogP contribution >= 0.6 is 0 Å². The summed E-state index contributed by atoms with van der Waals surface area (Å²) < 4.78 is 23.1. The fraction of sp³-hybridized carbons (Fsp3) is 0.600. The van der Waals surface area contributed by atoms with Crippen molar-refractivity contribution < 1.29 is 13.7 Å². The fourth-order valence-electron chi connectivity index (χ4n) is 2.10. The summed E-state index contributed by atoms with van der Waals surface area (Å²) in [4.78, 5) is 0. The lowest BCUT2D eigenvalue weighted by atomic mass is 10.1. The lowest BCUT2D eigenvalue weighted by Gasteiger charge is -2.21. The summed E-state index contributed by atoms with van der Waals surface area (Å²) in [5.41, 5.74) is 1.08. The molecule has 3 atom stereocenters. The molecule has 1 aliphatic rings. The highest BCUT2D eigenvalue weighted by atomic mass is 32.2. The summed E-state index contributed by atoms with van der Waals surface area (Å²) in [6.07, 6.45) is 0. The first-order chi connectivity index (χ1) is 9.52. The number of fused-ring (bicyclic) bond motifs is 1. The minimum absolute atomic E-state index is 0.0616. The molecule has 5 heteroatoms. The molecule has 0 aromatic heterocycles. The second-order valence-electron chi connectivity index (χ2n) is 5.45. The van der Waals surface area contributed by atoms with E-state index in [1.807, 2.05) is 32.2 Å². The average molecular weight is 297 g/mol. The van der Waals surface area contributed by atoms with Gasteiger partial charge in [0.15, 0.2) is 11.5 Å². The largest absolute Gasteiger partial charge is 0.454 e. The third-order valence-electron chi connectivity index (χ3n) is 3.83. The van der Waals surface area contributed by atoms with Crippen LogP contribution in [0.2, 0.25) is 0 Å². The van der Waals surface area contributed by atoms with E-state index in [4.69, 9.17) is 9.47 Å². The van der Waals surface area contributed by atoms with Crippen LogP contribution in [-0.2, 0) is 10.8 Å². The predicted molar refractivity (Wildman–Crippen MR) is 81.7 cm³/mol. The summed E-state index contributed by atoms with van der Waals surface area (Å²) >= 11 is 0. The monoisotopic (exact) mass is 297 g/mol. The van der Waals surface area contributed by atoms with E-state index in [1.54, 1.807) is 0 Å². The van der Waals surface area contributed by atoms with E-state index >= 15 is 0 Å². The van der Waals surface area contributed by atoms with Gasteiger partial charge in [-0.25, -0.2) is 0 Å². The molecule has 0 amide bonds. The van der Waals surface area contributed by atoms with Gasteiger partial charge in [-0.3, -0.25) is 4.21 Å². The van der Waals surface area contributed by atoms with Gasteiger partial charge in [0.1, 0.15) is 0 Å².